The van der Waals surface area contributed by atoms with Crippen molar-refractivity contribution in [2.45, 2.75) is 25.7 Å². The Hall–Kier alpha value is -2.06. The van der Waals surface area contributed by atoms with E-state index in [1.807, 2.05) is 13.0 Å². The lowest BCUT2D eigenvalue weighted by atomic mass is 9.93. The first-order chi connectivity index (χ1) is 12.2. The lowest BCUT2D eigenvalue weighted by Crippen LogP contribution is -2.39. The second kappa shape index (κ2) is 7.28. The van der Waals surface area contributed by atoms with Gasteiger partial charge < -0.3 is 4.90 Å². The molecule has 0 radical (unpaired) electrons. The molecule has 26 heavy (non-hydrogen) atoms. The van der Waals surface area contributed by atoms with Gasteiger partial charge >= 0.3 is 0 Å². The number of hydrogen-bond acceptors (Lipinski definition) is 4. The molecule has 1 saturated heterocycles. The summed E-state index contributed by atoms with van der Waals surface area (Å²) < 4.78 is 25.5. The van der Waals surface area contributed by atoms with E-state index in [1.54, 1.807) is 17.0 Å². The molecule has 0 unspecified atom stereocenters. The summed E-state index contributed by atoms with van der Waals surface area (Å²) in [4.78, 5) is 14.6. The smallest absolute Gasteiger partial charge is 0.253 e. The predicted octanol–water partition coefficient (Wildman–Crippen LogP) is 2.76. The highest BCUT2D eigenvalue weighted by atomic mass is 35.5. The van der Waals surface area contributed by atoms with Gasteiger partial charge in [-0.1, -0.05) is 17.7 Å². The third-order valence-corrected chi connectivity index (χ3v) is 5.50. The average Bonchev–Trinajstić information content (AvgIpc) is 3.03. The Morgan fingerprint density at radius 2 is 2.19 bits per heavy atom. The molecule has 1 fully saturated rings. The van der Waals surface area contributed by atoms with Gasteiger partial charge in [-0.05, 0) is 37.5 Å². The van der Waals surface area contributed by atoms with Gasteiger partial charge in [0.1, 0.15) is 0 Å². The summed E-state index contributed by atoms with van der Waals surface area (Å²) in [7, 11) is -3.40. The normalized spacial score (nSPS) is 18.0. The fourth-order valence-corrected chi connectivity index (χ4v) is 3.94. The predicted molar refractivity (Wildman–Crippen MR) is 101 cm³/mol. The number of sulfonamides is 1. The van der Waals surface area contributed by atoms with E-state index in [2.05, 4.69) is 14.9 Å². The largest absolute Gasteiger partial charge is 0.338 e. The maximum atomic E-state index is 12.8. The molecule has 2 N–H and O–H groups in total. The van der Waals surface area contributed by atoms with Gasteiger partial charge in [0.05, 0.1) is 23.8 Å². The van der Waals surface area contributed by atoms with Crippen molar-refractivity contribution in [2.75, 3.05) is 24.1 Å². The average molecular weight is 397 g/mol. The molecule has 9 heteroatoms. The molecule has 1 aromatic heterocycles. The Morgan fingerprint density at radius 3 is 2.88 bits per heavy atom. The summed E-state index contributed by atoms with van der Waals surface area (Å²) in [6, 6.07) is 5.30. The lowest BCUT2D eigenvalue weighted by molar-refractivity contribution is 0.0706. The molecule has 2 heterocycles. The summed E-state index contributed by atoms with van der Waals surface area (Å²) in [5, 5.41) is 7.40. The first-order valence-corrected chi connectivity index (χ1v) is 10.6. The van der Waals surface area contributed by atoms with Gasteiger partial charge in [-0.3, -0.25) is 14.6 Å². The van der Waals surface area contributed by atoms with Crippen molar-refractivity contribution in [3.63, 3.8) is 0 Å². The van der Waals surface area contributed by atoms with Crippen molar-refractivity contribution in [3.05, 3.63) is 46.2 Å². The van der Waals surface area contributed by atoms with E-state index in [1.165, 1.54) is 6.20 Å². The van der Waals surface area contributed by atoms with Crippen LogP contribution in [-0.2, 0) is 10.0 Å². The number of nitrogens with one attached hydrogen (secondary N) is 2. The number of nitrogens with zero attached hydrogens (tertiary/aromatic N) is 2. The van der Waals surface area contributed by atoms with Crippen LogP contribution in [0.4, 0.5) is 5.69 Å². The van der Waals surface area contributed by atoms with Crippen LogP contribution in [0.25, 0.3) is 0 Å². The van der Waals surface area contributed by atoms with E-state index in [0.29, 0.717) is 35.1 Å². The van der Waals surface area contributed by atoms with Crippen LogP contribution in [-0.4, -0.2) is 48.8 Å². The van der Waals surface area contributed by atoms with E-state index in [9.17, 15) is 13.2 Å². The Labute approximate surface area is 157 Å². The lowest BCUT2D eigenvalue weighted by Gasteiger charge is -2.32. The van der Waals surface area contributed by atoms with Crippen molar-refractivity contribution < 1.29 is 13.2 Å². The van der Waals surface area contributed by atoms with Gasteiger partial charge in [-0.15, -0.1) is 0 Å². The molecule has 1 atom stereocenters. The van der Waals surface area contributed by atoms with Crippen LogP contribution < -0.4 is 4.72 Å². The molecule has 1 aromatic carbocycles. The molecule has 140 valence electrons. The molecule has 1 aliphatic rings. The number of anilines is 1. The fraction of sp³-hybridized carbons (Fsp3) is 0.412. The first kappa shape index (κ1) is 18.7. The third-order valence-electron chi connectivity index (χ3n) is 4.50. The number of aryl methyl sites for hydroxylation is 1. The fourth-order valence-electron chi connectivity index (χ4n) is 3.19. The quantitative estimate of drug-likeness (QED) is 0.830. The zero-order valence-corrected chi connectivity index (χ0v) is 16.2. The maximum Gasteiger partial charge on any atom is 0.253 e. The number of benzene rings is 1. The van der Waals surface area contributed by atoms with Crippen LogP contribution in [0.3, 0.4) is 0 Å². The second-order valence-electron chi connectivity index (χ2n) is 6.63. The molecule has 1 amide bonds. The van der Waals surface area contributed by atoms with Crippen molar-refractivity contribution >= 4 is 33.2 Å². The van der Waals surface area contributed by atoms with Gasteiger partial charge in [0.25, 0.3) is 5.91 Å². The Bertz CT molecular complexity index is 926. The summed E-state index contributed by atoms with van der Waals surface area (Å²) in [5.41, 5.74) is 2.62. The summed E-state index contributed by atoms with van der Waals surface area (Å²) >= 11 is 6.14. The number of carbonyl (C=O) groups excluding carboxylic acids is 1. The van der Waals surface area contributed by atoms with Crippen LogP contribution in [0, 0.1) is 6.92 Å². The van der Waals surface area contributed by atoms with E-state index in [0.717, 1.165) is 24.7 Å². The number of piperidine rings is 1. The van der Waals surface area contributed by atoms with Crippen LogP contribution in [0.2, 0.25) is 5.02 Å². The minimum absolute atomic E-state index is 0.0135. The van der Waals surface area contributed by atoms with Gasteiger partial charge in [0.15, 0.2) is 0 Å². The molecule has 0 spiro atoms. The van der Waals surface area contributed by atoms with Gasteiger partial charge in [-0.2, -0.15) is 5.10 Å². The third kappa shape index (κ3) is 4.19. The SMILES string of the molecule is Cc1ccc(C(=O)N2CCC[C@@H](c3[nH]ncc3NS(C)(=O)=O)C2)cc1Cl. The number of aromatic nitrogens is 2. The maximum absolute atomic E-state index is 12.8. The number of H-pyrrole nitrogens is 1. The van der Waals surface area contributed by atoms with Crippen molar-refractivity contribution in [2.24, 2.45) is 0 Å². The number of hydrogen-bond donors (Lipinski definition) is 2. The van der Waals surface area contributed by atoms with E-state index < -0.39 is 10.0 Å². The zero-order chi connectivity index (χ0) is 18.9. The molecule has 0 aliphatic carbocycles. The highest BCUT2D eigenvalue weighted by Gasteiger charge is 2.28. The highest BCUT2D eigenvalue weighted by molar-refractivity contribution is 7.92. The Kier molecular flexibility index (Phi) is 5.24. The van der Waals surface area contributed by atoms with Crippen molar-refractivity contribution in [1.29, 1.82) is 0 Å². The highest BCUT2D eigenvalue weighted by Crippen LogP contribution is 2.31. The summed E-state index contributed by atoms with van der Waals surface area (Å²) in [6.45, 7) is 3.04. The van der Waals surface area contributed by atoms with Crippen LogP contribution in [0.15, 0.2) is 24.4 Å². The minimum Gasteiger partial charge on any atom is -0.338 e. The topological polar surface area (TPSA) is 95.2 Å². The zero-order valence-electron chi connectivity index (χ0n) is 14.6. The number of rotatable bonds is 4. The van der Waals surface area contributed by atoms with Crippen LogP contribution in [0.5, 0.6) is 0 Å². The monoisotopic (exact) mass is 396 g/mol. The number of halogens is 1. The number of aromatic amines is 1. The van der Waals surface area contributed by atoms with Crippen molar-refractivity contribution in [3.8, 4) is 0 Å². The molecule has 0 bridgehead atoms. The van der Waals surface area contributed by atoms with Crippen LogP contribution in [0.1, 0.15) is 40.4 Å². The molecular weight excluding hydrogens is 376 g/mol. The first-order valence-electron chi connectivity index (χ1n) is 8.31. The van der Waals surface area contributed by atoms with Gasteiger partial charge in [-0.25, -0.2) is 8.42 Å². The summed E-state index contributed by atoms with van der Waals surface area (Å²) in [6.07, 6.45) is 4.23. The van der Waals surface area contributed by atoms with E-state index in [4.69, 9.17) is 11.6 Å². The van der Waals surface area contributed by atoms with E-state index in [-0.39, 0.29) is 11.8 Å². The Morgan fingerprint density at radius 1 is 1.42 bits per heavy atom. The van der Waals surface area contributed by atoms with Gasteiger partial charge in [0, 0.05) is 29.6 Å². The number of amides is 1. The Balaban J connectivity index is 1.78. The standard InChI is InChI=1S/C17H21ClN4O3S/c1-11-5-6-12(8-14(11)18)17(23)22-7-3-4-13(10-22)16-15(9-19-20-16)21-26(2,24)25/h5-6,8-9,13,21H,3-4,7,10H2,1-2H3,(H,19,20)/t13-/m1/s1. The van der Waals surface area contributed by atoms with Gasteiger partial charge in [0.2, 0.25) is 10.0 Å². The minimum atomic E-state index is -3.40. The summed E-state index contributed by atoms with van der Waals surface area (Å²) in [5.74, 6) is -0.0888. The van der Waals surface area contributed by atoms with Crippen molar-refractivity contribution in [1.82, 2.24) is 15.1 Å². The molecule has 7 nitrogen and oxygen atoms in total. The molecule has 3 rings (SSSR count). The number of likely N-dealkylation sites (tertiary alicyclic amines) is 1. The van der Waals surface area contributed by atoms with E-state index >= 15 is 0 Å². The molecule has 2 aromatic rings. The second-order valence-corrected chi connectivity index (χ2v) is 8.78. The molecule has 1 aliphatic heterocycles. The number of carbonyl (C=O) groups is 1. The van der Waals surface area contributed by atoms with Crippen LogP contribution >= 0.6 is 11.6 Å². The molecular formula is C17H21ClN4O3S. The molecule has 0 saturated carbocycles.